The Labute approximate surface area is 111 Å². The molecule has 0 aromatic heterocycles. The van der Waals surface area contributed by atoms with Crippen molar-refractivity contribution in [2.75, 3.05) is 13.2 Å². The fraction of sp³-hybridized carbons (Fsp3) is 0.625. The molecule has 0 heterocycles. The third-order valence-corrected chi connectivity index (χ3v) is 3.01. The van der Waals surface area contributed by atoms with Crippen LogP contribution < -0.4 is 4.74 Å². The minimum atomic E-state index is 0.190. The summed E-state index contributed by atoms with van der Waals surface area (Å²) in [6.45, 7) is 12.1. The summed E-state index contributed by atoms with van der Waals surface area (Å²) < 4.78 is 11.3. The summed E-state index contributed by atoms with van der Waals surface area (Å²) in [4.78, 5) is 0. The van der Waals surface area contributed by atoms with Crippen LogP contribution in [0.2, 0.25) is 0 Å². The van der Waals surface area contributed by atoms with Crippen LogP contribution in [-0.4, -0.2) is 19.3 Å². The summed E-state index contributed by atoms with van der Waals surface area (Å²) in [5.74, 6) is 0.918. The summed E-state index contributed by atoms with van der Waals surface area (Å²) in [6, 6.07) is 8.35. The molecular weight excluding hydrogens is 224 g/mol. The lowest BCUT2D eigenvalue weighted by Crippen LogP contribution is -2.20. The van der Waals surface area contributed by atoms with Crippen LogP contribution >= 0.6 is 0 Å². The molecule has 0 saturated heterocycles. The fourth-order valence-electron chi connectivity index (χ4n) is 1.76. The second-order valence-electron chi connectivity index (χ2n) is 5.57. The van der Waals surface area contributed by atoms with E-state index in [0.717, 1.165) is 18.8 Å². The summed E-state index contributed by atoms with van der Waals surface area (Å²) in [5, 5.41) is 0. The molecule has 0 aliphatic heterocycles. The van der Waals surface area contributed by atoms with Gasteiger partial charge in [0.1, 0.15) is 12.4 Å². The Morgan fingerprint density at radius 2 is 1.67 bits per heavy atom. The van der Waals surface area contributed by atoms with Crippen molar-refractivity contribution in [3.8, 4) is 5.75 Å². The average molecular weight is 250 g/mol. The summed E-state index contributed by atoms with van der Waals surface area (Å²) in [6.07, 6.45) is 1.17. The van der Waals surface area contributed by atoms with Gasteiger partial charge in [0.15, 0.2) is 0 Å². The van der Waals surface area contributed by atoms with Crippen LogP contribution in [0.5, 0.6) is 5.75 Å². The van der Waals surface area contributed by atoms with E-state index in [9.17, 15) is 0 Å². The highest BCUT2D eigenvalue weighted by atomic mass is 16.5. The minimum absolute atomic E-state index is 0.190. The molecule has 0 spiro atoms. The van der Waals surface area contributed by atoms with Gasteiger partial charge in [-0.25, -0.2) is 0 Å². The molecule has 1 atom stereocenters. The Balaban J connectivity index is 2.53. The Morgan fingerprint density at radius 3 is 2.11 bits per heavy atom. The Hall–Kier alpha value is -1.02. The lowest BCUT2D eigenvalue weighted by molar-refractivity contribution is 0.0256. The van der Waals surface area contributed by atoms with E-state index in [1.165, 1.54) is 5.56 Å². The topological polar surface area (TPSA) is 18.5 Å². The third kappa shape index (κ3) is 4.69. The quantitative estimate of drug-likeness (QED) is 0.754. The highest BCUT2D eigenvalue weighted by Gasteiger charge is 2.13. The van der Waals surface area contributed by atoms with Gasteiger partial charge in [0.05, 0.1) is 6.10 Å². The molecule has 0 aliphatic rings. The number of hydrogen-bond donors (Lipinski definition) is 0. The van der Waals surface area contributed by atoms with Gasteiger partial charge in [0, 0.05) is 6.61 Å². The zero-order valence-corrected chi connectivity index (χ0v) is 12.3. The molecule has 1 aromatic carbocycles. The monoisotopic (exact) mass is 250 g/mol. The van der Waals surface area contributed by atoms with Crippen molar-refractivity contribution in [1.29, 1.82) is 0 Å². The fourth-order valence-corrected chi connectivity index (χ4v) is 1.76. The summed E-state index contributed by atoms with van der Waals surface area (Å²) >= 11 is 0. The smallest absolute Gasteiger partial charge is 0.119 e. The van der Waals surface area contributed by atoms with E-state index in [2.05, 4.69) is 39.8 Å². The van der Waals surface area contributed by atoms with Crippen molar-refractivity contribution in [1.82, 2.24) is 0 Å². The normalized spacial score (nSPS) is 13.4. The number of rotatable bonds is 6. The van der Waals surface area contributed by atoms with Gasteiger partial charge in [0.2, 0.25) is 0 Å². The van der Waals surface area contributed by atoms with Crippen LogP contribution in [0.25, 0.3) is 0 Å². The van der Waals surface area contributed by atoms with Crippen LogP contribution in [0.4, 0.5) is 0 Å². The van der Waals surface area contributed by atoms with E-state index >= 15 is 0 Å². The van der Waals surface area contributed by atoms with Gasteiger partial charge in [-0.15, -0.1) is 0 Å². The Morgan fingerprint density at radius 1 is 1.06 bits per heavy atom. The van der Waals surface area contributed by atoms with E-state index in [1.807, 2.05) is 19.1 Å². The average Bonchev–Trinajstić information content (AvgIpc) is 2.34. The van der Waals surface area contributed by atoms with Crippen molar-refractivity contribution in [2.24, 2.45) is 0 Å². The first kappa shape index (κ1) is 15.0. The second kappa shape index (κ2) is 6.79. The van der Waals surface area contributed by atoms with Gasteiger partial charge in [-0.1, -0.05) is 39.8 Å². The number of ether oxygens (including phenoxy) is 2. The molecule has 1 rings (SSSR count). The van der Waals surface area contributed by atoms with Crippen LogP contribution in [0.15, 0.2) is 24.3 Å². The van der Waals surface area contributed by atoms with Crippen LogP contribution in [0, 0.1) is 0 Å². The van der Waals surface area contributed by atoms with Crippen molar-refractivity contribution < 1.29 is 9.47 Å². The van der Waals surface area contributed by atoms with E-state index in [0.29, 0.717) is 6.61 Å². The maximum Gasteiger partial charge on any atom is 0.119 e. The zero-order chi connectivity index (χ0) is 13.6. The molecule has 2 heteroatoms. The maximum atomic E-state index is 5.75. The molecule has 0 amide bonds. The summed E-state index contributed by atoms with van der Waals surface area (Å²) in [5.41, 5.74) is 1.52. The molecule has 102 valence electrons. The van der Waals surface area contributed by atoms with Crippen molar-refractivity contribution in [3.63, 3.8) is 0 Å². The van der Waals surface area contributed by atoms with Crippen molar-refractivity contribution in [2.45, 2.75) is 52.6 Å². The molecule has 1 unspecified atom stereocenters. The molecular formula is C16H26O2. The van der Waals surface area contributed by atoms with Gasteiger partial charge in [-0.2, -0.15) is 0 Å². The van der Waals surface area contributed by atoms with E-state index in [1.54, 1.807) is 0 Å². The maximum absolute atomic E-state index is 5.75. The Kier molecular flexibility index (Phi) is 5.67. The predicted molar refractivity (Wildman–Crippen MR) is 76.3 cm³/mol. The van der Waals surface area contributed by atoms with Gasteiger partial charge >= 0.3 is 0 Å². The third-order valence-electron chi connectivity index (χ3n) is 3.01. The van der Waals surface area contributed by atoms with E-state index in [4.69, 9.17) is 9.47 Å². The molecule has 0 aliphatic carbocycles. The number of hydrogen-bond acceptors (Lipinski definition) is 2. The number of benzene rings is 1. The molecule has 0 radical (unpaired) electrons. The van der Waals surface area contributed by atoms with Gasteiger partial charge in [-0.3, -0.25) is 0 Å². The second-order valence-corrected chi connectivity index (χ2v) is 5.57. The predicted octanol–water partition coefficient (Wildman–Crippen LogP) is 4.18. The largest absolute Gasteiger partial charge is 0.491 e. The zero-order valence-electron chi connectivity index (χ0n) is 12.3. The standard InChI is InChI=1S/C16H26O2/c1-6-14(17-7-2)12-18-15-10-8-13(9-11-15)16(3,4)5/h8-11,14H,6-7,12H2,1-5H3. The Bertz CT molecular complexity index is 335. The van der Waals surface area contributed by atoms with Crippen molar-refractivity contribution >= 4 is 0 Å². The van der Waals surface area contributed by atoms with Crippen LogP contribution in [-0.2, 0) is 10.2 Å². The van der Waals surface area contributed by atoms with Gasteiger partial charge in [-0.05, 0) is 36.5 Å². The lowest BCUT2D eigenvalue weighted by atomic mass is 9.87. The highest BCUT2D eigenvalue weighted by molar-refractivity contribution is 5.31. The molecule has 0 bridgehead atoms. The molecule has 0 N–H and O–H groups in total. The summed E-state index contributed by atoms with van der Waals surface area (Å²) in [7, 11) is 0. The highest BCUT2D eigenvalue weighted by Crippen LogP contribution is 2.24. The molecule has 0 fully saturated rings. The van der Waals surface area contributed by atoms with E-state index in [-0.39, 0.29) is 11.5 Å². The first-order valence-electron chi connectivity index (χ1n) is 6.82. The van der Waals surface area contributed by atoms with Gasteiger partial charge in [0.25, 0.3) is 0 Å². The van der Waals surface area contributed by atoms with Crippen molar-refractivity contribution in [3.05, 3.63) is 29.8 Å². The molecule has 18 heavy (non-hydrogen) atoms. The van der Waals surface area contributed by atoms with Crippen LogP contribution in [0.3, 0.4) is 0 Å². The first-order valence-corrected chi connectivity index (χ1v) is 6.82. The first-order chi connectivity index (χ1) is 8.47. The minimum Gasteiger partial charge on any atom is -0.491 e. The molecule has 0 saturated carbocycles. The molecule has 2 nitrogen and oxygen atoms in total. The molecule has 1 aromatic rings. The SMILES string of the molecule is CCOC(CC)COc1ccc(C(C)(C)C)cc1. The van der Waals surface area contributed by atoms with Crippen LogP contribution in [0.1, 0.15) is 46.6 Å². The van der Waals surface area contributed by atoms with Gasteiger partial charge < -0.3 is 9.47 Å². The lowest BCUT2D eigenvalue weighted by Gasteiger charge is -2.20. The van der Waals surface area contributed by atoms with E-state index < -0.39 is 0 Å².